The number of hydrogen-bond donors (Lipinski definition) is 1. The van der Waals surface area contributed by atoms with Crippen LogP contribution in [0.15, 0.2) is 77.2 Å². The minimum Gasteiger partial charge on any atom is -0.416 e. The number of hydrogen-bond acceptors (Lipinski definition) is 4. The molecular formula is C21H13N5O. The fourth-order valence-corrected chi connectivity index (χ4v) is 3.52. The van der Waals surface area contributed by atoms with E-state index in [0.29, 0.717) is 11.8 Å². The van der Waals surface area contributed by atoms with Gasteiger partial charge >= 0.3 is 0 Å². The van der Waals surface area contributed by atoms with Gasteiger partial charge in [0.15, 0.2) is 0 Å². The zero-order chi connectivity index (χ0) is 17.8. The third-order valence-electron chi connectivity index (χ3n) is 4.75. The molecule has 0 bridgehead atoms. The number of nitrogens with zero attached hydrogens (tertiary/aromatic N) is 4. The summed E-state index contributed by atoms with van der Waals surface area (Å²) >= 11 is 0. The Morgan fingerprint density at radius 1 is 0.741 bits per heavy atom. The number of aromatic nitrogens is 5. The van der Waals surface area contributed by atoms with Gasteiger partial charge in [-0.2, -0.15) is 0 Å². The number of H-pyrrole nitrogens is 1. The summed E-state index contributed by atoms with van der Waals surface area (Å²) in [7, 11) is 0. The van der Waals surface area contributed by atoms with Crippen molar-refractivity contribution in [1.29, 1.82) is 0 Å². The van der Waals surface area contributed by atoms with Gasteiger partial charge < -0.3 is 9.40 Å². The summed E-state index contributed by atoms with van der Waals surface area (Å²) in [5, 5.41) is 8.46. The monoisotopic (exact) mass is 351 g/mol. The van der Waals surface area contributed by atoms with E-state index in [0.717, 1.165) is 39.0 Å². The van der Waals surface area contributed by atoms with E-state index in [1.165, 1.54) is 0 Å². The molecule has 6 heteroatoms. The summed E-state index contributed by atoms with van der Waals surface area (Å²) in [6, 6.07) is 23.9. The molecule has 0 unspecified atom stereocenters. The first-order chi connectivity index (χ1) is 13.4. The van der Waals surface area contributed by atoms with Crippen molar-refractivity contribution < 1.29 is 4.42 Å². The Kier molecular flexibility index (Phi) is 2.79. The van der Waals surface area contributed by atoms with Gasteiger partial charge in [-0.25, -0.2) is 4.98 Å². The Morgan fingerprint density at radius 3 is 2.44 bits per heavy atom. The van der Waals surface area contributed by atoms with Crippen molar-refractivity contribution in [3.05, 3.63) is 72.8 Å². The molecule has 0 aliphatic heterocycles. The number of aromatic amines is 1. The van der Waals surface area contributed by atoms with Gasteiger partial charge in [-0.05, 0) is 36.4 Å². The second kappa shape index (κ2) is 5.28. The van der Waals surface area contributed by atoms with E-state index in [4.69, 9.17) is 9.40 Å². The van der Waals surface area contributed by atoms with Crippen LogP contribution in [0.25, 0.3) is 50.8 Å². The summed E-state index contributed by atoms with van der Waals surface area (Å²) < 4.78 is 8.06. The van der Waals surface area contributed by atoms with Crippen LogP contribution < -0.4 is 0 Å². The summed E-state index contributed by atoms with van der Waals surface area (Å²) in [6.07, 6.45) is 0. The fourth-order valence-electron chi connectivity index (χ4n) is 3.52. The van der Waals surface area contributed by atoms with E-state index >= 15 is 0 Å². The molecule has 1 N–H and O–H groups in total. The number of imidazole rings is 2. The summed E-state index contributed by atoms with van der Waals surface area (Å²) in [4.78, 5) is 8.15. The van der Waals surface area contributed by atoms with E-state index in [-0.39, 0.29) is 0 Å². The molecular weight excluding hydrogens is 338 g/mol. The molecule has 0 amide bonds. The summed E-state index contributed by atoms with van der Waals surface area (Å²) in [5.74, 6) is 1.75. The SMILES string of the molecule is c1ccc(-c2nnc(-c3cccc4c3nc3[nH]c5ccccc5n34)o2)cc1. The standard InChI is InChI=1S/C21H13N5O/c1-2-7-13(8-3-1)19-24-25-20(27-19)14-9-6-12-17-18(14)23-21-22-15-10-4-5-11-16(15)26(17)21/h1-12H,(H,22,23). The van der Waals surface area contributed by atoms with Crippen LogP contribution in [0, 0.1) is 0 Å². The number of nitrogens with one attached hydrogen (secondary N) is 1. The predicted octanol–water partition coefficient (Wildman–Crippen LogP) is 4.69. The Morgan fingerprint density at radius 2 is 1.52 bits per heavy atom. The Balaban J connectivity index is 1.58. The maximum Gasteiger partial charge on any atom is 0.250 e. The molecule has 3 aromatic heterocycles. The molecule has 0 saturated heterocycles. The molecule has 6 rings (SSSR count). The van der Waals surface area contributed by atoms with Crippen molar-refractivity contribution in [3.63, 3.8) is 0 Å². The number of para-hydroxylation sites is 3. The van der Waals surface area contributed by atoms with Gasteiger partial charge in [0.25, 0.3) is 0 Å². The van der Waals surface area contributed by atoms with Gasteiger partial charge in [-0.1, -0.05) is 36.4 Å². The normalized spacial score (nSPS) is 11.7. The van der Waals surface area contributed by atoms with Crippen LogP contribution in [-0.4, -0.2) is 24.6 Å². The van der Waals surface area contributed by atoms with Crippen LogP contribution in [-0.2, 0) is 0 Å². The molecule has 3 aromatic carbocycles. The van der Waals surface area contributed by atoms with Crippen LogP contribution in [0.2, 0.25) is 0 Å². The molecule has 6 nitrogen and oxygen atoms in total. The first-order valence-corrected chi connectivity index (χ1v) is 8.66. The molecule has 0 atom stereocenters. The highest BCUT2D eigenvalue weighted by molar-refractivity contribution is 5.96. The summed E-state index contributed by atoms with van der Waals surface area (Å²) in [6.45, 7) is 0. The fraction of sp³-hybridized carbons (Fsp3) is 0. The molecule has 0 aliphatic carbocycles. The van der Waals surface area contributed by atoms with E-state index in [2.05, 4.69) is 25.6 Å². The van der Waals surface area contributed by atoms with Crippen LogP contribution in [0.5, 0.6) is 0 Å². The van der Waals surface area contributed by atoms with E-state index < -0.39 is 0 Å². The maximum absolute atomic E-state index is 5.94. The second-order valence-electron chi connectivity index (χ2n) is 6.36. The molecule has 27 heavy (non-hydrogen) atoms. The minimum atomic E-state index is 0.463. The highest BCUT2D eigenvalue weighted by Gasteiger charge is 2.18. The van der Waals surface area contributed by atoms with Crippen LogP contribution in [0.4, 0.5) is 0 Å². The van der Waals surface area contributed by atoms with Gasteiger partial charge in [0, 0.05) is 5.56 Å². The Bertz CT molecular complexity index is 1420. The van der Waals surface area contributed by atoms with E-state index in [1.807, 2.05) is 66.7 Å². The second-order valence-corrected chi connectivity index (χ2v) is 6.36. The quantitative estimate of drug-likeness (QED) is 0.491. The average Bonchev–Trinajstić information content (AvgIpc) is 3.42. The third-order valence-corrected chi connectivity index (χ3v) is 4.75. The van der Waals surface area contributed by atoms with Crippen molar-refractivity contribution in [3.8, 4) is 22.9 Å². The van der Waals surface area contributed by atoms with Gasteiger partial charge in [0.05, 0.1) is 22.1 Å². The number of rotatable bonds is 2. The predicted molar refractivity (Wildman–Crippen MR) is 103 cm³/mol. The smallest absolute Gasteiger partial charge is 0.250 e. The zero-order valence-electron chi connectivity index (χ0n) is 14.1. The Hall–Kier alpha value is -3.93. The van der Waals surface area contributed by atoms with Crippen LogP contribution in [0.1, 0.15) is 0 Å². The number of benzene rings is 3. The lowest BCUT2D eigenvalue weighted by atomic mass is 10.2. The molecule has 6 aromatic rings. The highest BCUT2D eigenvalue weighted by atomic mass is 16.4. The van der Waals surface area contributed by atoms with Crippen molar-refractivity contribution in [2.24, 2.45) is 0 Å². The Labute approximate surface area is 153 Å². The third kappa shape index (κ3) is 2.04. The zero-order valence-corrected chi connectivity index (χ0v) is 14.1. The average molecular weight is 351 g/mol. The van der Waals surface area contributed by atoms with Gasteiger partial charge in [0.2, 0.25) is 17.6 Å². The van der Waals surface area contributed by atoms with E-state index in [9.17, 15) is 0 Å². The van der Waals surface area contributed by atoms with Crippen molar-refractivity contribution in [1.82, 2.24) is 24.6 Å². The first-order valence-electron chi connectivity index (χ1n) is 8.66. The molecule has 3 heterocycles. The van der Waals surface area contributed by atoms with Gasteiger partial charge in [0.1, 0.15) is 5.52 Å². The summed E-state index contributed by atoms with van der Waals surface area (Å²) in [5.41, 5.74) is 5.69. The molecule has 0 spiro atoms. The number of fused-ring (bicyclic) bond motifs is 5. The van der Waals surface area contributed by atoms with Crippen molar-refractivity contribution in [2.45, 2.75) is 0 Å². The lowest BCUT2D eigenvalue weighted by molar-refractivity contribution is 0.585. The molecule has 128 valence electrons. The minimum absolute atomic E-state index is 0.463. The van der Waals surface area contributed by atoms with Crippen LogP contribution in [0.3, 0.4) is 0 Å². The molecule has 0 fully saturated rings. The maximum atomic E-state index is 5.94. The lowest BCUT2D eigenvalue weighted by Gasteiger charge is -1.98. The molecule has 0 radical (unpaired) electrons. The molecule has 0 aliphatic rings. The van der Waals surface area contributed by atoms with Crippen molar-refractivity contribution >= 4 is 27.8 Å². The first kappa shape index (κ1) is 14.3. The molecule has 0 saturated carbocycles. The highest BCUT2D eigenvalue weighted by Crippen LogP contribution is 2.31. The van der Waals surface area contributed by atoms with E-state index in [1.54, 1.807) is 0 Å². The largest absolute Gasteiger partial charge is 0.416 e. The lowest BCUT2D eigenvalue weighted by Crippen LogP contribution is -1.83. The van der Waals surface area contributed by atoms with Gasteiger partial charge in [-0.3, -0.25) is 4.40 Å². The van der Waals surface area contributed by atoms with Crippen LogP contribution >= 0.6 is 0 Å². The van der Waals surface area contributed by atoms with Gasteiger partial charge in [-0.15, -0.1) is 10.2 Å². The van der Waals surface area contributed by atoms with Crippen molar-refractivity contribution in [2.75, 3.05) is 0 Å². The topological polar surface area (TPSA) is 72.0 Å².